The molecule has 0 aromatic heterocycles. The topological polar surface area (TPSA) is 60.0 Å². The number of carbonyl (C=O) groups excluding carboxylic acids is 1. The molecule has 8 heteroatoms. The number of nitrogens with one attached hydrogen (secondary N) is 2. The van der Waals surface area contributed by atoms with E-state index in [0.29, 0.717) is 5.96 Å². The van der Waals surface area contributed by atoms with Crippen LogP contribution in [0.2, 0.25) is 5.02 Å². The van der Waals surface area contributed by atoms with Gasteiger partial charge in [-0.25, -0.2) is 9.38 Å². The van der Waals surface area contributed by atoms with E-state index in [0.717, 1.165) is 25.2 Å². The molecule has 0 saturated carbocycles. The lowest BCUT2D eigenvalue weighted by Gasteiger charge is -2.22. The SMILES string of the molecule is CC(C)NC(=NCC(=O)N(C)C)NC1CCN(c2ccc(F)c(Cl)c2)C1. The summed E-state index contributed by atoms with van der Waals surface area (Å²) in [4.78, 5) is 19.8. The maximum atomic E-state index is 13.3. The van der Waals surface area contributed by atoms with E-state index < -0.39 is 5.82 Å². The summed E-state index contributed by atoms with van der Waals surface area (Å²) in [7, 11) is 3.42. The molecule has 0 radical (unpaired) electrons. The fourth-order valence-electron chi connectivity index (χ4n) is 2.68. The van der Waals surface area contributed by atoms with Crippen LogP contribution in [-0.4, -0.2) is 62.6 Å². The standard InChI is InChI=1S/C18H27ClFN5O/c1-12(2)22-18(21-10-17(26)24(3)4)23-13-7-8-25(11-13)14-5-6-16(20)15(19)9-14/h5-6,9,12-13H,7-8,10-11H2,1-4H3,(H2,21,22,23). The molecule has 26 heavy (non-hydrogen) atoms. The van der Waals surface area contributed by atoms with Crippen LogP contribution in [0.4, 0.5) is 10.1 Å². The van der Waals surface area contributed by atoms with Crippen LogP contribution in [-0.2, 0) is 4.79 Å². The number of guanidine groups is 1. The minimum Gasteiger partial charge on any atom is -0.369 e. The van der Waals surface area contributed by atoms with E-state index in [2.05, 4.69) is 20.5 Å². The number of carbonyl (C=O) groups is 1. The Morgan fingerprint density at radius 3 is 2.81 bits per heavy atom. The molecule has 0 spiro atoms. The molecule has 1 fully saturated rings. The zero-order valence-electron chi connectivity index (χ0n) is 15.7. The summed E-state index contributed by atoms with van der Waals surface area (Å²) in [6.07, 6.45) is 0.912. The fraction of sp³-hybridized carbons (Fsp3) is 0.556. The predicted molar refractivity (Wildman–Crippen MR) is 104 cm³/mol. The maximum Gasteiger partial charge on any atom is 0.243 e. The van der Waals surface area contributed by atoms with Crippen LogP contribution in [0.1, 0.15) is 20.3 Å². The minimum absolute atomic E-state index is 0.0520. The van der Waals surface area contributed by atoms with Crippen LogP contribution in [0, 0.1) is 5.82 Å². The van der Waals surface area contributed by atoms with Crippen LogP contribution < -0.4 is 15.5 Å². The molecule has 0 bridgehead atoms. The first kappa shape index (κ1) is 20.3. The summed E-state index contributed by atoms with van der Waals surface area (Å²) >= 11 is 5.88. The number of likely N-dealkylation sites (N-methyl/N-ethyl adjacent to an activating group) is 1. The molecule has 1 saturated heterocycles. The first-order valence-corrected chi connectivity index (χ1v) is 9.11. The van der Waals surface area contributed by atoms with E-state index in [1.165, 1.54) is 11.0 Å². The zero-order chi connectivity index (χ0) is 19.3. The van der Waals surface area contributed by atoms with Crippen molar-refractivity contribution in [2.45, 2.75) is 32.4 Å². The Bertz CT molecular complexity index is 665. The van der Waals surface area contributed by atoms with Crippen molar-refractivity contribution in [3.8, 4) is 0 Å². The molecule has 1 aromatic rings. The summed E-state index contributed by atoms with van der Waals surface area (Å²) < 4.78 is 13.3. The van der Waals surface area contributed by atoms with Gasteiger partial charge in [0, 0.05) is 45.0 Å². The van der Waals surface area contributed by atoms with Crippen molar-refractivity contribution in [1.82, 2.24) is 15.5 Å². The minimum atomic E-state index is -0.412. The Hall–Kier alpha value is -2.02. The van der Waals surface area contributed by atoms with Gasteiger partial charge in [0.1, 0.15) is 12.4 Å². The summed E-state index contributed by atoms with van der Waals surface area (Å²) in [6.45, 7) is 5.73. The van der Waals surface area contributed by atoms with Crippen LogP contribution in [0.15, 0.2) is 23.2 Å². The second kappa shape index (κ2) is 9.07. The molecule has 144 valence electrons. The van der Waals surface area contributed by atoms with Crippen LogP contribution in [0.3, 0.4) is 0 Å². The molecule has 1 heterocycles. The number of amides is 1. The van der Waals surface area contributed by atoms with Crippen LogP contribution in [0.5, 0.6) is 0 Å². The molecular formula is C18H27ClFN5O. The maximum absolute atomic E-state index is 13.3. The van der Waals surface area contributed by atoms with Gasteiger partial charge in [-0.1, -0.05) is 11.6 Å². The Kier molecular flexibility index (Phi) is 7.08. The molecule has 0 aliphatic carbocycles. The highest BCUT2D eigenvalue weighted by atomic mass is 35.5. The van der Waals surface area contributed by atoms with Crippen LogP contribution >= 0.6 is 11.6 Å². The lowest BCUT2D eigenvalue weighted by atomic mass is 10.2. The monoisotopic (exact) mass is 383 g/mol. The average molecular weight is 384 g/mol. The first-order valence-electron chi connectivity index (χ1n) is 8.74. The molecule has 1 atom stereocenters. The number of hydrogen-bond acceptors (Lipinski definition) is 3. The van der Waals surface area contributed by atoms with E-state index in [1.807, 2.05) is 13.8 Å². The zero-order valence-corrected chi connectivity index (χ0v) is 16.5. The van der Waals surface area contributed by atoms with E-state index in [9.17, 15) is 9.18 Å². The molecule has 1 aliphatic heterocycles. The van der Waals surface area contributed by atoms with Crippen LogP contribution in [0.25, 0.3) is 0 Å². The molecule has 1 aromatic carbocycles. The Labute approximate surface area is 159 Å². The number of nitrogens with zero attached hydrogens (tertiary/aromatic N) is 3. The summed E-state index contributed by atoms with van der Waals surface area (Å²) in [5.41, 5.74) is 0.902. The number of anilines is 1. The molecule has 1 aliphatic rings. The van der Waals surface area contributed by atoms with Crippen molar-refractivity contribution < 1.29 is 9.18 Å². The Morgan fingerprint density at radius 1 is 1.46 bits per heavy atom. The number of hydrogen-bond donors (Lipinski definition) is 2. The van der Waals surface area contributed by atoms with Crippen molar-refractivity contribution in [2.24, 2.45) is 4.99 Å². The number of rotatable bonds is 5. The van der Waals surface area contributed by atoms with E-state index in [4.69, 9.17) is 11.6 Å². The summed E-state index contributed by atoms with van der Waals surface area (Å²) in [5, 5.41) is 6.77. The summed E-state index contributed by atoms with van der Waals surface area (Å²) in [6, 6.07) is 5.15. The van der Waals surface area contributed by atoms with Gasteiger partial charge in [0.15, 0.2) is 5.96 Å². The van der Waals surface area contributed by atoms with Crippen molar-refractivity contribution in [3.63, 3.8) is 0 Å². The molecule has 2 N–H and O–H groups in total. The third kappa shape index (κ3) is 5.76. The third-order valence-corrected chi connectivity index (χ3v) is 4.38. The quantitative estimate of drug-likeness (QED) is 0.603. The van der Waals surface area contributed by atoms with E-state index in [-0.39, 0.29) is 29.6 Å². The van der Waals surface area contributed by atoms with E-state index >= 15 is 0 Å². The smallest absolute Gasteiger partial charge is 0.243 e. The van der Waals surface area contributed by atoms with Gasteiger partial charge in [-0.3, -0.25) is 4.79 Å². The normalized spacial score (nSPS) is 17.6. The highest BCUT2D eigenvalue weighted by Gasteiger charge is 2.24. The molecule has 1 unspecified atom stereocenters. The average Bonchev–Trinajstić information content (AvgIpc) is 3.02. The predicted octanol–water partition coefficient (Wildman–Crippen LogP) is 2.09. The Balaban J connectivity index is 1.99. The molecular weight excluding hydrogens is 357 g/mol. The largest absolute Gasteiger partial charge is 0.369 e. The van der Waals surface area contributed by atoms with Gasteiger partial charge < -0.3 is 20.4 Å². The highest BCUT2D eigenvalue weighted by molar-refractivity contribution is 6.31. The lowest BCUT2D eigenvalue weighted by Crippen LogP contribution is -2.47. The molecule has 6 nitrogen and oxygen atoms in total. The van der Waals surface area contributed by atoms with Gasteiger partial charge in [-0.05, 0) is 38.5 Å². The number of halogens is 2. The summed E-state index contributed by atoms with van der Waals surface area (Å²) in [5.74, 6) is 0.161. The van der Waals surface area contributed by atoms with Crippen molar-refractivity contribution in [2.75, 3.05) is 38.6 Å². The van der Waals surface area contributed by atoms with Crippen molar-refractivity contribution >= 4 is 29.2 Å². The first-order chi connectivity index (χ1) is 12.3. The fourth-order valence-corrected chi connectivity index (χ4v) is 2.86. The van der Waals surface area contributed by atoms with Gasteiger partial charge >= 0.3 is 0 Å². The Morgan fingerprint density at radius 2 is 2.19 bits per heavy atom. The molecule has 1 amide bonds. The number of benzene rings is 1. The van der Waals surface area contributed by atoms with E-state index in [1.54, 1.807) is 26.2 Å². The molecule has 2 rings (SSSR count). The number of aliphatic imine (C=N–C) groups is 1. The second-order valence-electron chi connectivity index (χ2n) is 6.93. The third-order valence-electron chi connectivity index (χ3n) is 4.09. The van der Waals surface area contributed by atoms with Gasteiger partial charge in [-0.15, -0.1) is 0 Å². The lowest BCUT2D eigenvalue weighted by molar-refractivity contribution is -0.127. The van der Waals surface area contributed by atoms with Gasteiger partial charge in [0.25, 0.3) is 0 Å². The van der Waals surface area contributed by atoms with Crippen molar-refractivity contribution in [3.05, 3.63) is 29.0 Å². The van der Waals surface area contributed by atoms with Gasteiger partial charge in [0.2, 0.25) is 5.91 Å². The van der Waals surface area contributed by atoms with Crippen molar-refractivity contribution in [1.29, 1.82) is 0 Å². The van der Waals surface area contributed by atoms with Gasteiger partial charge in [0.05, 0.1) is 5.02 Å². The highest BCUT2D eigenvalue weighted by Crippen LogP contribution is 2.25. The van der Waals surface area contributed by atoms with Gasteiger partial charge in [-0.2, -0.15) is 0 Å². The second-order valence-corrected chi connectivity index (χ2v) is 7.33.